The Morgan fingerprint density at radius 2 is 1.71 bits per heavy atom. The molecule has 0 bridgehead atoms. The lowest BCUT2D eigenvalue weighted by Crippen LogP contribution is -2.32. The number of unbranched alkanes of at least 4 members (excludes halogenated alkanes) is 5. The Morgan fingerprint density at radius 1 is 1.10 bits per heavy atom. The van der Waals surface area contributed by atoms with Gasteiger partial charge in [0.25, 0.3) is 0 Å². The van der Waals surface area contributed by atoms with E-state index in [0.717, 1.165) is 12.8 Å². The number of carbonyl (C=O) groups excluding carboxylic acids is 1. The average Bonchev–Trinajstić information content (AvgIpc) is 3.00. The van der Waals surface area contributed by atoms with E-state index in [9.17, 15) is 4.79 Å². The van der Waals surface area contributed by atoms with Crippen LogP contribution in [0.3, 0.4) is 0 Å². The van der Waals surface area contributed by atoms with Gasteiger partial charge in [0.15, 0.2) is 6.29 Å². The topological polar surface area (TPSA) is 44.8 Å². The van der Waals surface area contributed by atoms with Crippen molar-refractivity contribution >= 4 is 5.97 Å². The molecule has 1 rings (SSSR count). The summed E-state index contributed by atoms with van der Waals surface area (Å²) in [6.45, 7) is 7.80. The van der Waals surface area contributed by atoms with E-state index in [1.165, 1.54) is 32.1 Å². The molecule has 2 atom stereocenters. The van der Waals surface area contributed by atoms with Crippen molar-refractivity contribution in [2.75, 3.05) is 19.8 Å². The van der Waals surface area contributed by atoms with Crippen LogP contribution in [0.25, 0.3) is 0 Å². The fourth-order valence-electron chi connectivity index (χ4n) is 2.86. The van der Waals surface area contributed by atoms with E-state index in [0.29, 0.717) is 19.8 Å². The molecule has 0 aromatic rings. The summed E-state index contributed by atoms with van der Waals surface area (Å²) in [5.41, 5.74) is 0. The second-order valence-electron chi connectivity index (χ2n) is 5.88. The third-order valence-electron chi connectivity index (χ3n) is 4.17. The number of esters is 1. The van der Waals surface area contributed by atoms with Crippen LogP contribution in [0.2, 0.25) is 0 Å². The molecule has 1 aliphatic rings. The SMILES string of the molecule is CCCCCCCCC(C(=O)OCC)C(C)C1OCCO1. The summed E-state index contributed by atoms with van der Waals surface area (Å²) in [5.74, 6) is -0.154. The van der Waals surface area contributed by atoms with Crippen LogP contribution in [0.1, 0.15) is 65.7 Å². The van der Waals surface area contributed by atoms with Crippen LogP contribution in [-0.2, 0) is 19.0 Å². The van der Waals surface area contributed by atoms with Gasteiger partial charge in [-0.1, -0.05) is 52.4 Å². The van der Waals surface area contributed by atoms with Crippen molar-refractivity contribution < 1.29 is 19.0 Å². The van der Waals surface area contributed by atoms with Gasteiger partial charge < -0.3 is 14.2 Å². The predicted molar refractivity (Wildman–Crippen MR) is 83.0 cm³/mol. The number of ether oxygens (including phenoxy) is 3. The molecule has 1 aliphatic heterocycles. The maximum absolute atomic E-state index is 12.2. The van der Waals surface area contributed by atoms with Crippen LogP contribution in [-0.4, -0.2) is 32.1 Å². The zero-order valence-corrected chi connectivity index (χ0v) is 13.9. The summed E-state index contributed by atoms with van der Waals surface area (Å²) in [6, 6.07) is 0. The maximum Gasteiger partial charge on any atom is 0.309 e. The Balaban J connectivity index is 2.38. The lowest BCUT2D eigenvalue weighted by Gasteiger charge is -2.26. The first-order chi connectivity index (χ1) is 10.2. The summed E-state index contributed by atoms with van der Waals surface area (Å²) in [5, 5.41) is 0. The van der Waals surface area contributed by atoms with Gasteiger partial charge in [-0.3, -0.25) is 4.79 Å². The molecule has 2 unspecified atom stereocenters. The summed E-state index contributed by atoms with van der Waals surface area (Å²) >= 11 is 0. The first-order valence-corrected chi connectivity index (χ1v) is 8.60. The van der Waals surface area contributed by atoms with Crippen LogP contribution < -0.4 is 0 Å². The molecule has 124 valence electrons. The van der Waals surface area contributed by atoms with Gasteiger partial charge in [0.1, 0.15) is 0 Å². The first-order valence-electron chi connectivity index (χ1n) is 8.60. The summed E-state index contributed by atoms with van der Waals surface area (Å²) in [4.78, 5) is 12.2. The van der Waals surface area contributed by atoms with Gasteiger partial charge in [0.2, 0.25) is 0 Å². The van der Waals surface area contributed by atoms with Crippen molar-refractivity contribution in [3.8, 4) is 0 Å². The number of rotatable bonds is 11. The molecular formula is C17H32O4. The standard InChI is InChI=1S/C17H32O4/c1-4-6-7-8-9-10-11-15(16(18)19-5-2)14(3)17-20-12-13-21-17/h14-15,17H,4-13H2,1-3H3. The van der Waals surface area contributed by atoms with Gasteiger partial charge >= 0.3 is 5.97 Å². The molecular weight excluding hydrogens is 268 g/mol. The third-order valence-corrected chi connectivity index (χ3v) is 4.17. The van der Waals surface area contributed by atoms with E-state index in [1.807, 2.05) is 13.8 Å². The first kappa shape index (κ1) is 18.4. The normalized spacial score (nSPS) is 18.6. The van der Waals surface area contributed by atoms with E-state index in [1.54, 1.807) is 0 Å². The highest BCUT2D eigenvalue weighted by atomic mass is 16.7. The Labute approximate surface area is 129 Å². The van der Waals surface area contributed by atoms with Gasteiger partial charge in [-0.25, -0.2) is 0 Å². The average molecular weight is 300 g/mol. The van der Waals surface area contributed by atoms with Crippen molar-refractivity contribution in [2.45, 2.75) is 72.0 Å². The van der Waals surface area contributed by atoms with Crippen LogP contribution in [0, 0.1) is 11.8 Å². The zero-order valence-electron chi connectivity index (χ0n) is 13.9. The second-order valence-corrected chi connectivity index (χ2v) is 5.88. The van der Waals surface area contributed by atoms with Crippen molar-refractivity contribution in [1.82, 2.24) is 0 Å². The quantitative estimate of drug-likeness (QED) is 0.428. The highest BCUT2D eigenvalue weighted by Crippen LogP contribution is 2.28. The maximum atomic E-state index is 12.2. The molecule has 0 aliphatic carbocycles. The van der Waals surface area contributed by atoms with Crippen molar-refractivity contribution in [2.24, 2.45) is 11.8 Å². The predicted octanol–water partition coefficient (Wildman–Crippen LogP) is 3.93. The Morgan fingerprint density at radius 3 is 2.33 bits per heavy atom. The molecule has 21 heavy (non-hydrogen) atoms. The van der Waals surface area contributed by atoms with E-state index in [4.69, 9.17) is 14.2 Å². The molecule has 0 radical (unpaired) electrons. The van der Waals surface area contributed by atoms with Gasteiger partial charge in [0, 0.05) is 5.92 Å². The number of hydrogen-bond acceptors (Lipinski definition) is 4. The minimum atomic E-state index is -0.250. The Hall–Kier alpha value is -0.610. The molecule has 0 N–H and O–H groups in total. The smallest absolute Gasteiger partial charge is 0.309 e. The van der Waals surface area contributed by atoms with Gasteiger partial charge in [-0.15, -0.1) is 0 Å². The molecule has 0 saturated carbocycles. The van der Waals surface area contributed by atoms with Gasteiger partial charge in [-0.2, -0.15) is 0 Å². The largest absolute Gasteiger partial charge is 0.466 e. The van der Waals surface area contributed by atoms with Crippen LogP contribution >= 0.6 is 0 Å². The van der Waals surface area contributed by atoms with E-state index < -0.39 is 0 Å². The highest BCUT2D eigenvalue weighted by molar-refractivity contribution is 5.72. The Kier molecular flexibility index (Phi) is 9.68. The lowest BCUT2D eigenvalue weighted by molar-refractivity contribution is -0.158. The van der Waals surface area contributed by atoms with E-state index in [2.05, 4.69) is 6.92 Å². The molecule has 0 spiro atoms. The molecule has 1 fully saturated rings. The molecule has 4 nitrogen and oxygen atoms in total. The molecule has 4 heteroatoms. The molecule has 0 aromatic heterocycles. The van der Waals surface area contributed by atoms with Crippen LogP contribution in [0.4, 0.5) is 0 Å². The molecule has 0 aromatic carbocycles. The highest BCUT2D eigenvalue weighted by Gasteiger charge is 2.34. The van der Waals surface area contributed by atoms with Gasteiger partial charge in [0.05, 0.1) is 25.7 Å². The lowest BCUT2D eigenvalue weighted by atomic mass is 9.88. The van der Waals surface area contributed by atoms with Crippen LogP contribution in [0.5, 0.6) is 0 Å². The minimum absolute atomic E-state index is 0.0576. The fourth-order valence-corrected chi connectivity index (χ4v) is 2.86. The van der Waals surface area contributed by atoms with E-state index in [-0.39, 0.29) is 24.1 Å². The van der Waals surface area contributed by atoms with Crippen molar-refractivity contribution in [3.63, 3.8) is 0 Å². The van der Waals surface area contributed by atoms with Gasteiger partial charge in [-0.05, 0) is 13.3 Å². The monoisotopic (exact) mass is 300 g/mol. The third kappa shape index (κ3) is 6.79. The molecule has 1 saturated heterocycles. The van der Waals surface area contributed by atoms with Crippen LogP contribution in [0.15, 0.2) is 0 Å². The van der Waals surface area contributed by atoms with E-state index >= 15 is 0 Å². The summed E-state index contributed by atoms with van der Waals surface area (Å²) in [7, 11) is 0. The molecule has 1 heterocycles. The summed E-state index contributed by atoms with van der Waals surface area (Å²) < 4.78 is 16.3. The zero-order chi connectivity index (χ0) is 15.5. The Bertz CT molecular complexity index is 274. The number of carbonyl (C=O) groups is 1. The minimum Gasteiger partial charge on any atom is -0.466 e. The fraction of sp³-hybridized carbons (Fsp3) is 0.941. The second kappa shape index (κ2) is 11.0. The van der Waals surface area contributed by atoms with Crippen molar-refractivity contribution in [1.29, 1.82) is 0 Å². The van der Waals surface area contributed by atoms with Crippen molar-refractivity contribution in [3.05, 3.63) is 0 Å². The molecule has 0 amide bonds. The summed E-state index contributed by atoms with van der Waals surface area (Å²) in [6.07, 6.45) is 8.01. The number of hydrogen-bond donors (Lipinski definition) is 0.